The van der Waals surface area contributed by atoms with E-state index < -0.39 is 5.41 Å². The van der Waals surface area contributed by atoms with Gasteiger partial charge < -0.3 is 14.7 Å². The lowest BCUT2D eigenvalue weighted by Crippen LogP contribution is -2.58. The summed E-state index contributed by atoms with van der Waals surface area (Å²) in [6, 6.07) is 10.00. The maximum absolute atomic E-state index is 13.8. The summed E-state index contributed by atoms with van der Waals surface area (Å²) in [7, 11) is 0. The van der Waals surface area contributed by atoms with Gasteiger partial charge in [0.05, 0.1) is 5.41 Å². The second-order valence-electron chi connectivity index (χ2n) is 7.57. The average Bonchev–Trinajstić information content (AvgIpc) is 3.34. The highest BCUT2D eigenvalue weighted by molar-refractivity contribution is 5.90. The first kappa shape index (κ1) is 19.2. The van der Waals surface area contributed by atoms with Crippen LogP contribution in [0.2, 0.25) is 0 Å². The minimum atomic E-state index is -0.590. The molecular weight excluding hydrogens is 368 g/mol. The van der Waals surface area contributed by atoms with Crippen LogP contribution in [0, 0.1) is 0 Å². The number of amides is 2. The van der Waals surface area contributed by atoms with Crippen LogP contribution in [0.25, 0.3) is 0 Å². The molecule has 2 fully saturated rings. The molecule has 3 heterocycles. The van der Waals surface area contributed by atoms with E-state index in [4.69, 9.17) is 0 Å². The van der Waals surface area contributed by atoms with Crippen LogP contribution in [0.5, 0.6) is 0 Å². The topological polar surface area (TPSA) is 85.4 Å². The summed E-state index contributed by atoms with van der Waals surface area (Å²) in [5, 5.41) is 6.79. The van der Waals surface area contributed by atoms with Gasteiger partial charge >= 0.3 is 0 Å². The molecule has 0 unspecified atom stereocenters. The van der Waals surface area contributed by atoms with Gasteiger partial charge in [-0.3, -0.25) is 9.59 Å². The summed E-state index contributed by atoms with van der Waals surface area (Å²) in [4.78, 5) is 35.8. The van der Waals surface area contributed by atoms with E-state index in [1.807, 2.05) is 35.2 Å². The molecule has 29 heavy (non-hydrogen) atoms. The van der Waals surface area contributed by atoms with Gasteiger partial charge in [-0.15, -0.1) is 0 Å². The fourth-order valence-electron chi connectivity index (χ4n) is 4.40. The fraction of sp³-hybridized carbons (Fsp3) is 0.429. The number of H-pyrrole nitrogens is 1. The van der Waals surface area contributed by atoms with Gasteiger partial charge in [0.1, 0.15) is 6.33 Å². The van der Waals surface area contributed by atoms with Crippen molar-refractivity contribution in [1.29, 1.82) is 0 Å². The zero-order chi connectivity index (χ0) is 20.3. The third-order valence-electron chi connectivity index (χ3n) is 6.11. The molecule has 1 N–H and O–H groups in total. The number of carbonyl (C=O) groups is 2. The highest BCUT2D eigenvalue weighted by Crippen LogP contribution is 2.38. The van der Waals surface area contributed by atoms with E-state index in [1.165, 1.54) is 12.4 Å². The molecule has 1 aromatic heterocycles. The van der Waals surface area contributed by atoms with Gasteiger partial charge in [-0.2, -0.15) is 10.1 Å². The number of piperazine rings is 1. The lowest BCUT2D eigenvalue weighted by Gasteiger charge is -2.45. The molecule has 8 heteroatoms. The summed E-state index contributed by atoms with van der Waals surface area (Å²) in [5.41, 5.74) is 0.446. The normalized spacial score (nSPS) is 19.1. The highest BCUT2D eigenvalue weighted by Gasteiger charge is 2.46. The molecule has 0 spiro atoms. The number of likely N-dealkylation sites (tertiary alicyclic amines) is 1. The molecule has 1 aromatic carbocycles. The van der Waals surface area contributed by atoms with Crippen molar-refractivity contribution < 1.29 is 9.59 Å². The molecule has 152 valence electrons. The number of hydrogen-bond donors (Lipinski definition) is 1. The number of hydrogen-bond acceptors (Lipinski definition) is 5. The van der Waals surface area contributed by atoms with Crippen molar-refractivity contribution in [3.63, 3.8) is 0 Å². The minimum absolute atomic E-state index is 0.0696. The van der Waals surface area contributed by atoms with E-state index >= 15 is 0 Å². The Balaban J connectivity index is 1.52. The number of nitrogens with one attached hydrogen (secondary N) is 1. The summed E-state index contributed by atoms with van der Waals surface area (Å²) in [5.74, 6) is 0.831. The summed E-state index contributed by atoms with van der Waals surface area (Å²) in [6.45, 7) is 7.42. The summed E-state index contributed by atoms with van der Waals surface area (Å²) in [6.07, 6.45) is 4.09. The largest absolute Gasteiger partial charge is 0.339 e. The first-order chi connectivity index (χ1) is 14.1. The molecule has 2 aliphatic rings. The Hall–Kier alpha value is -3.16. The molecule has 0 radical (unpaired) electrons. The van der Waals surface area contributed by atoms with Crippen molar-refractivity contribution in [1.82, 2.24) is 25.0 Å². The lowest BCUT2D eigenvalue weighted by molar-refractivity contribution is -0.142. The summed E-state index contributed by atoms with van der Waals surface area (Å²) >= 11 is 0. The van der Waals surface area contributed by atoms with Crippen molar-refractivity contribution in [3.8, 4) is 0 Å². The first-order valence-electron chi connectivity index (χ1n) is 10.0. The predicted molar refractivity (Wildman–Crippen MR) is 109 cm³/mol. The number of anilines is 1. The van der Waals surface area contributed by atoms with Crippen molar-refractivity contribution in [2.24, 2.45) is 0 Å². The van der Waals surface area contributed by atoms with Crippen molar-refractivity contribution in [3.05, 3.63) is 54.9 Å². The fourth-order valence-corrected chi connectivity index (χ4v) is 4.40. The van der Waals surface area contributed by atoms with Crippen molar-refractivity contribution >= 4 is 17.8 Å². The van der Waals surface area contributed by atoms with Gasteiger partial charge in [0.15, 0.2) is 0 Å². The number of aromatic nitrogens is 3. The lowest BCUT2D eigenvalue weighted by atomic mass is 9.71. The van der Waals surface area contributed by atoms with Crippen LogP contribution in [0.4, 0.5) is 5.95 Å². The maximum Gasteiger partial charge on any atom is 0.245 e. The smallest absolute Gasteiger partial charge is 0.245 e. The molecule has 0 atom stereocenters. The van der Waals surface area contributed by atoms with Crippen LogP contribution < -0.4 is 4.90 Å². The third-order valence-corrected chi connectivity index (χ3v) is 6.11. The van der Waals surface area contributed by atoms with Crippen LogP contribution in [-0.4, -0.2) is 76.1 Å². The zero-order valence-corrected chi connectivity index (χ0v) is 16.5. The molecule has 2 aromatic rings. The van der Waals surface area contributed by atoms with E-state index in [0.717, 1.165) is 11.5 Å². The Kier molecular flexibility index (Phi) is 5.33. The van der Waals surface area contributed by atoms with Gasteiger partial charge in [-0.25, -0.2) is 5.10 Å². The summed E-state index contributed by atoms with van der Waals surface area (Å²) < 4.78 is 0. The molecule has 8 nitrogen and oxygen atoms in total. The number of benzene rings is 1. The molecule has 2 aliphatic heterocycles. The molecule has 0 bridgehead atoms. The number of aromatic amines is 1. The van der Waals surface area contributed by atoms with Crippen molar-refractivity contribution in [2.75, 3.05) is 44.2 Å². The number of piperidine rings is 1. The zero-order valence-electron chi connectivity index (χ0n) is 16.5. The Morgan fingerprint density at radius 1 is 1.00 bits per heavy atom. The second-order valence-corrected chi connectivity index (χ2v) is 7.57. The Morgan fingerprint density at radius 3 is 2.28 bits per heavy atom. The van der Waals surface area contributed by atoms with Crippen LogP contribution in [0.15, 0.2) is 49.3 Å². The van der Waals surface area contributed by atoms with Crippen LogP contribution in [0.1, 0.15) is 18.4 Å². The van der Waals surface area contributed by atoms with E-state index in [-0.39, 0.29) is 11.8 Å². The van der Waals surface area contributed by atoms with Crippen LogP contribution >= 0.6 is 0 Å². The first-order valence-corrected chi connectivity index (χ1v) is 10.0. The Bertz CT molecular complexity index is 851. The highest BCUT2D eigenvalue weighted by atomic mass is 16.2. The van der Waals surface area contributed by atoms with Gasteiger partial charge in [0.25, 0.3) is 0 Å². The number of nitrogens with zero attached hydrogens (tertiary/aromatic N) is 5. The molecule has 2 saturated heterocycles. The number of rotatable bonds is 4. The molecule has 0 saturated carbocycles. The third kappa shape index (κ3) is 3.62. The SMILES string of the molecule is C=CC(=O)N1CCC(C(=O)N2CCN(c3ncn[nH]3)CC2)(c2ccccc2)CC1. The van der Waals surface area contributed by atoms with Gasteiger partial charge in [-0.05, 0) is 24.5 Å². The van der Waals surface area contributed by atoms with Gasteiger partial charge in [0.2, 0.25) is 17.8 Å². The van der Waals surface area contributed by atoms with Gasteiger partial charge in [0, 0.05) is 39.3 Å². The van der Waals surface area contributed by atoms with E-state index in [0.29, 0.717) is 52.1 Å². The van der Waals surface area contributed by atoms with E-state index in [1.54, 1.807) is 4.90 Å². The van der Waals surface area contributed by atoms with Gasteiger partial charge in [-0.1, -0.05) is 36.9 Å². The predicted octanol–water partition coefficient (Wildman–Crippen LogP) is 1.20. The standard InChI is InChI=1S/C21H26N6O2/c1-2-18(28)25-10-8-21(9-11-25,17-6-4-3-5-7-17)19(29)26-12-14-27(15-13-26)20-22-16-23-24-20/h2-7,16H,1,8-15H2,(H,22,23,24). The second kappa shape index (κ2) is 8.06. The maximum atomic E-state index is 13.8. The van der Waals surface area contributed by atoms with Crippen molar-refractivity contribution in [2.45, 2.75) is 18.3 Å². The molecular formula is C21H26N6O2. The van der Waals surface area contributed by atoms with Crippen LogP contribution in [-0.2, 0) is 15.0 Å². The molecule has 2 amide bonds. The average molecular weight is 394 g/mol. The monoisotopic (exact) mass is 394 g/mol. The quantitative estimate of drug-likeness (QED) is 0.788. The Morgan fingerprint density at radius 2 is 1.69 bits per heavy atom. The molecule has 0 aliphatic carbocycles. The van der Waals surface area contributed by atoms with E-state index in [2.05, 4.69) is 26.7 Å². The number of carbonyl (C=O) groups excluding carboxylic acids is 2. The molecule has 4 rings (SSSR count). The Labute approximate surface area is 170 Å². The minimum Gasteiger partial charge on any atom is -0.339 e. The van der Waals surface area contributed by atoms with Crippen LogP contribution in [0.3, 0.4) is 0 Å². The van der Waals surface area contributed by atoms with E-state index in [9.17, 15) is 9.59 Å².